The van der Waals surface area contributed by atoms with E-state index in [0.29, 0.717) is 35.6 Å². The third-order valence-corrected chi connectivity index (χ3v) is 5.86. The molecule has 174 valence electrons. The molecule has 3 aromatic rings. The molecule has 0 spiro atoms. The molecule has 0 unspecified atom stereocenters. The van der Waals surface area contributed by atoms with E-state index in [1.807, 2.05) is 32.0 Å². The van der Waals surface area contributed by atoms with Crippen LogP contribution in [0.25, 0.3) is 0 Å². The Hall–Kier alpha value is -3.97. The van der Waals surface area contributed by atoms with E-state index in [0.717, 1.165) is 16.9 Å². The second-order valence-corrected chi connectivity index (χ2v) is 8.15. The number of fused-ring (bicyclic) bond motifs is 1. The molecule has 1 aliphatic heterocycles. The average molecular weight is 459 g/mol. The van der Waals surface area contributed by atoms with E-state index in [1.165, 1.54) is 17.0 Å². The molecule has 0 saturated heterocycles. The normalized spacial score (nSPS) is 12.6. The maximum atomic E-state index is 12.8. The molecule has 0 radical (unpaired) electrons. The first-order valence-electron chi connectivity index (χ1n) is 11.0. The fourth-order valence-electron chi connectivity index (χ4n) is 3.77. The number of anilines is 1. The SMILES string of the molecule is COCCCN1C(=O)c2ccc(C(=O)Nc3ccc(Oc4cccc(C)c4C)cc3)cc2C1=O. The Morgan fingerprint density at radius 3 is 2.41 bits per heavy atom. The molecule has 0 aliphatic carbocycles. The van der Waals surface area contributed by atoms with Crippen LogP contribution in [0, 0.1) is 13.8 Å². The molecule has 3 amide bonds. The summed E-state index contributed by atoms with van der Waals surface area (Å²) in [6, 6.07) is 17.5. The Bertz CT molecular complexity index is 1250. The van der Waals surface area contributed by atoms with Gasteiger partial charge in [-0.25, -0.2) is 0 Å². The van der Waals surface area contributed by atoms with Gasteiger partial charge in [0.05, 0.1) is 11.1 Å². The van der Waals surface area contributed by atoms with Crippen molar-refractivity contribution >= 4 is 23.4 Å². The fourth-order valence-corrected chi connectivity index (χ4v) is 3.77. The molecule has 34 heavy (non-hydrogen) atoms. The summed E-state index contributed by atoms with van der Waals surface area (Å²) in [5.41, 5.74) is 3.66. The van der Waals surface area contributed by atoms with Gasteiger partial charge in [0.2, 0.25) is 0 Å². The molecular formula is C27H26N2O5. The van der Waals surface area contributed by atoms with E-state index in [1.54, 1.807) is 37.4 Å². The van der Waals surface area contributed by atoms with Gasteiger partial charge in [0.15, 0.2) is 0 Å². The summed E-state index contributed by atoms with van der Waals surface area (Å²) in [6.07, 6.45) is 0.554. The number of hydrogen-bond donors (Lipinski definition) is 1. The summed E-state index contributed by atoms with van der Waals surface area (Å²) in [5.74, 6) is 0.331. The smallest absolute Gasteiger partial charge is 0.261 e. The van der Waals surface area contributed by atoms with Crippen molar-refractivity contribution in [1.82, 2.24) is 4.90 Å². The van der Waals surface area contributed by atoms with Crippen LogP contribution in [0.15, 0.2) is 60.7 Å². The van der Waals surface area contributed by atoms with Gasteiger partial charge in [-0.3, -0.25) is 19.3 Å². The van der Waals surface area contributed by atoms with E-state index in [2.05, 4.69) is 5.32 Å². The van der Waals surface area contributed by atoms with E-state index in [4.69, 9.17) is 9.47 Å². The van der Waals surface area contributed by atoms with Crippen LogP contribution in [-0.2, 0) is 4.74 Å². The highest BCUT2D eigenvalue weighted by Crippen LogP contribution is 2.28. The van der Waals surface area contributed by atoms with Crippen LogP contribution in [0.4, 0.5) is 5.69 Å². The lowest BCUT2D eigenvalue weighted by Gasteiger charge is -2.12. The van der Waals surface area contributed by atoms with Crippen molar-refractivity contribution in [3.8, 4) is 11.5 Å². The summed E-state index contributed by atoms with van der Waals surface area (Å²) in [4.78, 5) is 39.2. The van der Waals surface area contributed by atoms with Crippen LogP contribution in [0.1, 0.15) is 48.6 Å². The predicted molar refractivity (Wildman–Crippen MR) is 129 cm³/mol. The minimum Gasteiger partial charge on any atom is -0.457 e. The van der Waals surface area contributed by atoms with Crippen molar-refractivity contribution in [2.75, 3.05) is 25.6 Å². The average Bonchev–Trinajstić information content (AvgIpc) is 3.07. The van der Waals surface area contributed by atoms with Crippen LogP contribution in [-0.4, -0.2) is 42.9 Å². The Kier molecular flexibility index (Phi) is 6.75. The molecule has 1 aliphatic rings. The van der Waals surface area contributed by atoms with Gasteiger partial charge in [-0.15, -0.1) is 0 Å². The van der Waals surface area contributed by atoms with Crippen molar-refractivity contribution < 1.29 is 23.9 Å². The van der Waals surface area contributed by atoms with Crippen LogP contribution >= 0.6 is 0 Å². The summed E-state index contributed by atoms with van der Waals surface area (Å²) in [7, 11) is 1.57. The molecule has 7 heteroatoms. The number of carbonyl (C=O) groups excluding carboxylic acids is 3. The van der Waals surface area contributed by atoms with Gasteiger partial charge < -0.3 is 14.8 Å². The molecule has 0 saturated carbocycles. The minimum atomic E-state index is -0.390. The van der Waals surface area contributed by atoms with Crippen LogP contribution in [0.2, 0.25) is 0 Å². The van der Waals surface area contributed by atoms with Gasteiger partial charge in [-0.05, 0) is 79.9 Å². The molecule has 0 bridgehead atoms. The summed E-state index contributed by atoms with van der Waals surface area (Å²) in [5, 5.41) is 2.82. The second-order valence-electron chi connectivity index (χ2n) is 8.15. The highest BCUT2D eigenvalue weighted by Gasteiger charge is 2.35. The van der Waals surface area contributed by atoms with Crippen molar-refractivity contribution in [2.24, 2.45) is 0 Å². The van der Waals surface area contributed by atoms with Gasteiger partial charge in [0.25, 0.3) is 17.7 Å². The van der Waals surface area contributed by atoms with Gasteiger partial charge in [-0.1, -0.05) is 12.1 Å². The van der Waals surface area contributed by atoms with Crippen LogP contribution in [0.5, 0.6) is 11.5 Å². The first-order valence-corrected chi connectivity index (χ1v) is 11.0. The standard InChI is InChI=1S/C27H26N2O5/c1-17-6-4-7-24(18(17)2)34-21-11-9-20(10-12-21)28-25(30)19-8-13-22-23(16-19)27(32)29(26(22)31)14-5-15-33-3/h4,6-13,16H,5,14-15H2,1-3H3,(H,28,30). The number of ether oxygens (including phenoxy) is 2. The molecule has 1 heterocycles. The second kappa shape index (κ2) is 9.89. The van der Waals surface area contributed by atoms with Crippen molar-refractivity contribution in [1.29, 1.82) is 0 Å². The zero-order valence-corrected chi connectivity index (χ0v) is 19.4. The highest BCUT2D eigenvalue weighted by molar-refractivity contribution is 6.22. The number of rotatable bonds is 8. The lowest BCUT2D eigenvalue weighted by Crippen LogP contribution is -2.31. The largest absolute Gasteiger partial charge is 0.457 e. The van der Waals surface area contributed by atoms with Crippen molar-refractivity contribution in [3.63, 3.8) is 0 Å². The van der Waals surface area contributed by atoms with E-state index in [9.17, 15) is 14.4 Å². The third-order valence-electron chi connectivity index (χ3n) is 5.86. The Morgan fingerprint density at radius 1 is 0.941 bits per heavy atom. The minimum absolute atomic E-state index is 0.243. The highest BCUT2D eigenvalue weighted by atomic mass is 16.5. The number of aryl methyl sites for hydroxylation is 1. The molecule has 0 aromatic heterocycles. The monoisotopic (exact) mass is 458 g/mol. The number of amides is 3. The Morgan fingerprint density at radius 2 is 1.68 bits per heavy atom. The first-order chi connectivity index (χ1) is 16.4. The lowest BCUT2D eigenvalue weighted by atomic mass is 10.1. The van der Waals surface area contributed by atoms with E-state index >= 15 is 0 Å². The number of methoxy groups -OCH3 is 1. The van der Waals surface area contributed by atoms with Gasteiger partial charge in [0, 0.05) is 31.5 Å². The molecular weight excluding hydrogens is 432 g/mol. The molecule has 1 N–H and O–H groups in total. The Labute approximate surface area is 198 Å². The number of nitrogens with zero attached hydrogens (tertiary/aromatic N) is 1. The number of hydrogen-bond acceptors (Lipinski definition) is 5. The van der Waals surface area contributed by atoms with E-state index < -0.39 is 5.91 Å². The fraction of sp³-hybridized carbons (Fsp3) is 0.222. The third kappa shape index (κ3) is 4.70. The maximum absolute atomic E-state index is 12.8. The Balaban J connectivity index is 1.43. The topological polar surface area (TPSA) is 84.9 Å². The van der Waals surface area contributed by atoms with Crippen LogP contribution < -0.4 is 10.1 Å². The quantitative estimate of drug-likeness (QED) is 0.380. The maximum Gasteiger partial charge on any atom is 0.261 e. The van der Waals surface area contributed by atoms with Gasteiger partial charge >= 0.3 is 0 Å². The number of imide groups is 1. The van der Waals surface area contributed by atoms with Gasteiger partial charge in [-0.2, -0.15) is 0 Å². The summed E-state index contributed by atoms with van der Waals surface area (Å²) < 4.78 is 11.0. The zero-order valence-electron chi connectivity index (χ0n) is 19.4. The molecule has 0 fully saturated rings. The van der Waals surface area contributed by atoms with E-state index in [-0.39, 0.29) is 23.9 Å². The summed E-state index contributed by atoms with van der Waals surface area (Å²) >= 11 is 0. The van der Waals surface area contributed by atoms with Crippen molar-refractivity contribution in [3.05, 3.63) is 88.5 Å². The number of benzene rings is 3. The van der Waals surface area contributed by atoms with Gasteiger partial charge in [0.1, 0.15) is 11.5 Å². The van der Waals surface area contributed by atoms with Crippen LogP contribution in [0.3, 0.4) is 0 Å². The molecule has 4 rings (SSSR count). The molecule has 7 nitrogen and oxygen atoms in total. The zero-order chi connectivity index (χ0) is 24.2. The number of nitrogens with one attached hydrogen (secondary N) is 1. The first kappa shape index (κ1) is 23.2. The summed E-state index contributed by atoms with van der Waals surface area (Å²) in [6.45, 7) is 4.77. The predicted octanol–water partition coefficient (Wildman–Crippen LogP) is 4.98. The van der Waals surface area contributed by atoms with Crippen molar-refractivity contribution in [2.45, 2.75) is 20.3 Å². The number of carbonyl (C=O) groups is 3. The lowest BCUT2D eigenvalue weighted by molar-refractivity contribution is 0.0638. The molecule has 3 aromatic carbocycles. The molecule has 0 atom stereocenters.